The zero-order valence-corrected chi connectivity index (χ0v) is 11.9. The van der Waals surface area contributed by atoms with Gasteiger partial charge in [0.15, 0.2) is 0 Å². The lowest BCUT2D eigenvalue weighted by molar-refractivity contribution is 0.0172. The Balaban J connectivity index is 1.87. The first-order valence-electron chi connectivity index (χ1n) is 7.64. The minimum Gasteiger partial charge on any atom is -0.386 e. The quantitative estimate of drug-likeness (QED) is 0.608. The predicted octanol–water partition coefficient (Wildman–Crippen LogP) is 4.51. The smallest absolute Gasteiger partial charge is 0.0853 e. The maximum absolute atomic E-state index is 10.7. The second kappa shape index (κ2) is 6.91. The second-order valence-corrected chi connectivity index (χ2v) is 5.87. The van der Waals surface area contributed by atoms with Crippen LogP contribution in [-0.2, 0) is 6.42 Å². The van der Waals surface area contributed by atoms with Gasteiger partial charge in [-0.15, -0.1) is 6.58 Å². The summed E-state index contributed by atoms with van der Waals surface area (Å²) in [5, 5.41) is 10.7. The molecule has 104 valence electrons. The summed E-state index contributed by atoms with van der Waals surface area (Å²) in [7, 11) is 0. The Morgan fingerprint density at radius 2 is 2.00 bits per heavy atom. The van der Waals surface area contributed by atoms with E-state index < -0.39 is 5.60 Å². The Labute approximate surface area is 117 Å². The molecule has 0 spiro atoms. The molecule has 1 N–H and O–H groups in total. The lowest BCUT2D eigenvalue weighted by Gasteiger charge is -2.32. The monoisotopic (exact) mass is 258 g/mol. The van der Waals surface area contributed by atoms with Gasteiger partial charge in [-0.2, -0.15) is 0 Å². The van der Waals surface area contributed by atoms with Gasteiger partial charge in [-0.1, -0.05) is 55.7 Å². The summed E-state index contributed by atoms with van der Waals surface area (Å²) >= 11 is 0. The fourth-order valence-electron chi connectivity index (χ4n) is 3.29. The molecule has 0 saturated heterocycles. The molecular formula is C18H26O. The van der Waals surface area contributed by atoms with Crippen molar-refractivity contribution in [3.05, 3.63) is 48.6 Å². The molecule has 1 aromatic carbocycles. The largest absolute Gasteiger partial charge is 0.386 e. The number of aryl methyl sites for hydroxylation is 1. The molecule has 19 heavy (non-hydrogen) atoms. The highest BCUT2D eigenvalue weighted by atomic mass is 16.3. The third-order valence-corrected chi connectivity index (χ3v) is 4.55. The minimum atomic E-state index is -0.618. The van der Waals surface area contributed by atoms with E-state index in [1.165, 1.54) is 18.4 Å². The minimum absolute atomic E-state index is 0.399. The third kappa shape index (κ3) is 3.94. The maximum Gasteiger partial charge on any atom is 0.0853 e. The molecule has 2 atom stereocenters. The number of rotatable bonds is 5. The van der Waals surface area contributed by atoms with Gasteiger partial charge >= 0.3 is 0 Å². The first-order valence-corrected chi connectivity index (χ1v) is 7.64. The summed E-state index contributed by atoms with van der Waals surface area (Å²) in [6.07, 6.45) is 10.9. The summed E-state index contributed by atoms with van der Waals surface area (Å²) in [6, 6.07) is 10.6. The van der Waals surface area contributed by atoms with Gasteiger partial charge in [0.05, 0.1) is 5.60 Å². The summed E-state index contributed by atoms with van der Waals surface area (Å²) in [5.41, 5.74) is 0.783. The van der Waals surface area contributed by atoms with Crippen LogP contribution in [0.15, 0.2) is 43.0 Å². The predicted molar refractivity (Wildman–Crippen MR) is 81.1 cm³/mol. The SMILES string of the molecule is C=C[C@]1(O)CCCCC[C@@H]1CCCc1ccccc1. The van der Waals surface area contributed by atoms with Crippen LogP contribution in [0, 0.1) is 5.92 Å². The van der Waals surface area contributed by atoms with Crippen molar-refractivity contribution in [1.82, 2.24) is 0 Å². The van der Waals surface area contributed by atoms with Crippen molar-refractivity contribution in [1.29, 1.82) is 0 Å². The van der Waals surface area contributed by atoms with E-state index in [-0.39, 0.29) is 0 Å². The van der Waals surface area contributed by atoms with Crippen LogP contribution in [0.25, 0.3) is 0 Å². The average Bonchev–Trinajstić information content (AvgIpc) is 2.63. The highest BCUT2D eigenvalue weighted by molar-refractivity contribution is 5.14. The molecule has 1 saturated carbocycles. The maximum atomic E-state index is 10.7. The van der Waals surface area contributed by atoms with Crippen molar-refractivity contribution in [3.8, 4) is 0 Å². The van der Waals surface area contributed by atoms with E-state index in [1.807, 2.05) is 0 Å². The van der Waals surface area contributed by atoms with Gasteiger partial charge in [0.2, 0.25) is 0 Å². The van der Waals surface area contributed by atoms with Crippen LogP contribution in [0.2, 0.25) is 0 Å². The molecule has 2 rings (SSSR count). The van der Waals surface area contributed by atoms with Crippen LogP contribution in [-0.4, -0.2) is 10.7 Å². The number of aliphatic hydroxyl groups is 1. The third-order valence-electron chi connectivity index (χ3n) is 4.55. The van der Waals surface area contributed by atoms with Crippen LogP contribution in [0.4, 0.5) is 0 Å². The summed E-state index contributed by atoms with van der Waals surface area (Å²) < 4.78 is 0. The van der Waals surface area contributed by atoms with E-state index in [0.717, 1.165) is 38.5 Å². The fourth-order valence-corrected chi connectivity index (χ4v) is 3.29. The Morgan fingerprint density at radius 3 is 2.74 bits per heavy atom. The Hall–Kier alpha value is -1.08. The number of benzene rings is 1. The first kappa shape index (κ1) is 14.3. The standard InChI is InChI=1S/C18H26O/c1-2-18(19)15-8-4-7-13-17(18)14-9-12-16-10-5-3-6-11-16/h2-3,5-6,10-11,17,19H,1,4,7-9,12-15H2/t17-,18+/m1/s1. The van der Waals surface area contributed by atoms with Crippen molar-refractivity contribution in [2.75, 3.05) is 0 Å². The summed E-state index contributed by atoms with van der Waals surface area (Å²) in [6.45, 7) is 3.86. The molecule has 0 heterocycles. The van der Waals surface area contributed by atoms with Gasteiger partial charge < -0.3 is 5.11 Å². The zero-order valence-electron chi connectivity index (χ0n) is 11.9. The van der Waals surface area contributed by atoms with Crippen LogP contribution in [0.1, 0.15) is 50.5 Å². The van der Waals surface area contributed by atoms with Gasteiger partial charge in [0.25, 0.3) is 0 Å². The van der Waals surface area contributed by atoms with Gasteiger partial charge in [-0.3, -0.25) is 0 Å². The normalized spacial score (nSPS) is 27.7. The molecule has 1 heteroatoms. The lowest BCUT2D eigenvalue weighted by atomic mass is 9.80. The highest BCUT2D eigenvalue weighted by Crippen LogP contribution is 2.36. The van der Waals surface area contributed by atoms with Crippen LogP contribution in [0.3, 0.4) is 0 Å². The van der Waals surface area contributed by atoms with Gasteiger partial charge in [0, 0.05) is 0 Å². The van der Waals surface area contributed by atoms with Crippen molar-refractivity contribution in [2.24, 2.45) is 5.92 Å². The van der Waals surface area contributed by atoms with E-state index >= 15 is 0 Å². The molecule has 1 aromatic rings. The molecule has 1 aliphatic carbocycles. The topological polar surface area (TPSA) is 20.2 Å². The van der Waals surface area contributed by atoms with Crippen molar-refractivity contribution < 1.29 is 5.11 Å². The molecule has 1 aliphatic rings. The lowest BCUT2D eigenvalue weighted by Crippen LogP contribution is -2.34. The number of hydrogen-bond acceptors (Lipinski definition) is 1. The van der Waals surface area contributed by atoms with E-state index in [4.69, 9.17) is 0 Å². The molecule has 1 nitrogen and oxygen atoms in total. The van der Waals surface area contributed by atoms with Crippen LogP contribution >= 0.6 is 0 Å². The molecule has 0 unspecified atom stereocenters. The zero-order chi connectivity index (χ0) is 13.6. The van der Waals surface area contributed by atoms with E-state index in [9.17, 15) is 5.11 Å². The average molecular weight is 258 g/mol. The van der Waals surface area contributed by atoms with E-state index in [1.54, 1.807) is 6.08 Å². The van der Waals surface area contributed by atoms with Gasteiger partial charge in [-0.05, 0) is 43.6 Å². The van der Waals surface area contributed by atoms with E-state index in [2.05, 4.69) is 36.9 Å². The Bertz CT molecular complexity index is 384. The molecule has 0 bridgehead atoms. The van der Waals surface area contributed by atoms with Gasteiger partial charge in [0.1, 0.15) is 0 Å². The molecule has 0 amide bonds. The summed E-state index contributed by atoms with van der Waals surface area (Å²) in [5.74, 6) is 0.399. The second-order valence-electron chi connectivity index (χ2n) is 5.87. The van der Waals surface area contributed by atoms with Crippen molar-refractivity contribution in [3.63, 3.8) is 0 Å². The molecule has 0 radical (unpaired) electrons. The molecule has 1 fully saturated rings. The molecule has 0 aliphatic heterocycles. The Kier molecular flexibility index (Phi) is 5.21. The molecular weight excluding hydrogens is 232 g/mol. The van der Waals surface area contributed by atoms with Crippen LogP contribution in [0.5, 0.6) is 0 Å². The highest BCUT2D eigenvalue weighted by Gasteiger charge is 2.34. The first-order chi connectivity index (χ1) is 9.24. The number of hydrogen-bond donors (Lipinski definition) is 1. The Morgan fingerprint density at radius 1 is 1.21 bits per heavy atom. The van der Waals surface area contributed by atoms with Crippen molar-refractivity contribution in [2.45, 2.75) is 57.0 Å². The van der Waals surface area contributed by atoms with Gasteiger partial charge in [-0.25, -0.2) is 0 Å². The fraction of sp³-hybridized carbons (Fsp3) is 0.556. The molecule has 0 aromatic heterocycles. The van der Waals surface area contributed by atoms with Crippen LogP contribution < -0.4 is 0 Å². The van der Waals surface area contributed by atoms with Crippen molar-refractivity contribution >= 4 is 0 Å². The summed E-state index contributed by atoms with van der Waals surface area (Å²) in [4.78, 5) is 0. The van der Waals surface area contributed by atoms with E-state index in [0.29, 0.717) is 5.92 Å².